The molecule has 0 aliphatic carbocycles. The van der Waals surface area contributed by atoms with Crippen molar-refractivity contribution < 1.29 is 0 Å². The maximum atomic E-state index is 4.50. The van der Waals surface area contributed by atoms with E-state index < -0.39 is 0 Å². The average Bonchev–Trinajstić information content (AvgIpc) is 2.67. The van der Waals surface area contributed by atoms with Crippen molar-refractivity contribution in [3.05, 3.63) is 18.0 Å². The van der Waals surface area contributed by atoms with Crippen LogP contribution in [-0.2, 0) is 13.5 Å². The lowest BCUT2D eigenvalue weighted by molar-refractivity contribution is 0.358. The summed E-state index contributed by atoms with van der Waals surface area (Å²) in [4.78, 5) is 4.50. The fourth-order valence-corrected chi connectivity index (χ4v) is 1.80. The van der Waals surface area contributed by atoms with Crippen molar-refractivity contribution in [1.82, 2.24) is 20.4 Å². The molecule has 0 fully saturated rings. The van der Waals surface area contributed by atoms with E-state index in [1.54, 1.807) is 0 Å². The van der Waals surface area contributed by atoms with Crippen molar-refractivity contribution in [2.75, 3.05) is 19.6 Å². The molecule has 0 aromatic carbocycles. The van der Waals surface area contributed by atoms with Crippen molar-refractivity contribution >= 4 is 5.96 Å². The highest BCUT2D eigenvalue weighted by atomic mass is 15.3. The first-order valence-corrected chi connectivity index (χ1v) is 6.06. The Bertz CT molecular complexity index is 405. The van der Waals surface area contributed by atoms with Crippen molar-refractivity contribution in [2.45, 2.75) is 20.3 Å². The normalized spacial score (nSPS) is 18.4. The summed E-state index contributed by atoms with van der Waals surface area (Å²) in [5.74, 6) is 0.923. The van der Waals surface area contributed by atoms with Crippen LogP contribution in [0.3, 0.4) is 0 Å². The van der Waals surface area contributed by atoms with Crippen LogP contribution in [0.4, 0.5) is 0 Å². The minimum atomic E-state index is 0.271. The van der Waals surface area contributed by atoms with Gasteiger partial charge in [0.2, 0.25) is 0 Å². The number of aryl methyl sites for hydroxylation is 1. The Morgan fingerprint density at radius 3 is 2.94 bits per heavy atom. The van der Waals surface area contributed by atoms with Gasteiger partial charge in [0.1, 0.15) is 0 Å². The lowest BCUT2D eigenvalue weighted by Crippen LogP contribution is -2.47. The lowest BCUT2D eigenvalue weighted by Gasteiger charge is -2.29. The van der Waals surface area contributed by atoms with Crippen molar-refractivity contribution in [3.8, 4) is 0 Å². The van der Waals surface area contributed by atoms with Gasteiger partial charge in [-0.05, 0) is 6.07 Å². The first kappa shape index (κ1) is 12.0. The van der Waals surface area contributed by atoms with E-state index in [1.165, 1.54) is 5.69 Å². The third-order valence-corrected chi connectivity index (χ3v) is 3.00. The number of guanidine groups is 1. The fourth-order valence-electron chi connectivity index (χ4n) is 1.80. The second-order valence-electron chi connectivity index (χ2n) is 5.31. The first-order chi connectivity index (χ1) is 8.07. The lowest BCUT2D eigenvalue weighted by atomic mass is 9.93. The number of aromatic nitrogens is 2. The highest BCUT2D eigenvalue weighted by molar-refractivity contribution is 5.80. The summed E-state index contributed by atoms with van der Waals surface area (Å²) >= 11 is 0. The molecule has 1 aliphatic heterocycles. The van der Waals surface area contributed by atoms with Crippen LogP contribution in [-0.4, -0.2) is 35.4 Å². The Morgan fingerprint density at radius 1 is 1.53 bits per heavy atom. The van der Waals surface area contributed by atoms with Gasteiger partial charge in [0.25, 0.3) is 0 Å². The number of nitrogens with one attached hydrogen (secondary N) is 2. The summed E-state index contributed by atoms with van der Waals surface area (Å²) in [6.45, 7) is 7.18. The van der Waals surface area contributed by atoms with E-state index in [0.29, 0.717) is 0 Å². The monoisotopic (exact) mass is 235 g/mol. The molecule has 0 bridgehead atoms. The van der Waals surface area contributed by atoms with Crippen molar-refractivity contribution in [3.63, 3.8) is 0 Å². The Kier molecular flexibility index (Phi) is 3.36. The minimum Gasteiger partial charge on any atom is -0.356 e. The SMILES string of the molecule is Cn1nccc1CCNC1=NCC(C)(C)CN1. The topological polar surface area (TPSA) is 54.2 Å². The molecule has 1 aliphatic rings. The quantitative estimate of drug-likeness (QED) is 0.804. The number of hydrogen-bond acceptors (Lipinski definition) is 4. The molecule has 94 valence electrons. The van der Waals surface area contributed by atoms with E-state index >= 15 is 0 Å². The van der Waals surface area contributed by atoms with Crippen LogP contribution in [0.15, 0.2) is 17.3 Å². The molecule has 2 heterocycles. The Hall–Kier alpha value is -1.52. The van der Waals surface area contributed by atoms with Crippen LogP contribution in [0.5, 0.6) is 0 Å². The van der Waals surface area contributed by atoms with E-state index in [9.17, 15) is 0 Å². The van der Waals surface area contributed by atoms with E-state index in [0.717, 1.165) is 32.0 Å². The largest absolute Gasteiger partial charge is 0.356 e. The molecule has 2 N–H and O–H groups in total. The summed E-state index contributed by atoms with van der Waals surface area (Å²) < 4.78 is 1.90. The highest BCUT2D eigenvalue weighted by Gasteiger charge is 2.21. The standard InChI is InChI=1S/C12H21N5/c1-12(2)8-14-11(15-9-12)13-6-4-10-5-7-16-17(10)3/h5,7H,4,6,8-9H2,1-3H3,(H2,13,14,15). The second kappa shape index (κ2) is 4.77. The summed E-state index contributed by atoms with van der Waals surface area (Å²) in [6.07, 6.45) is 2.79. The Labute approximate surface area is 102 Å². The maximum absolute atomic E-state index is 4.50. The molecule has 0 radical (unpaired) electrons. The number of aliphatic imine (C=N–C) groups is 1. The molecule has 1 aromatic rings. The molecule has 0 saturated heterocycles. The molecule has 5 heteroatoms. The highest BCUT2D eigenvalue weighted by Crippen LogP contribution is 2.15. The predicted octanol–water partition coefficient (Wildman–Crippen LogP) is 0.538. The zero-order valence-electron chi connectivity index (χ0n) is 10.8. The van der Waals surface area contributed by atoms with Crippen LogP contribution in [0.2, 0.25) is 0 Å². The van der Waals surface area contributed by atoms with Gasteiger partial charge in [0.15, 0.2) is 5.96 Å². The maximum Gasteiger partial charge on any atom is 0.191 e. The fraction of sp³-hybridized carbons (Fsp3) is 0.667. The second-order valence-corrected chi connectivity index (χ2v) is 5.31. The van der Waals surface area contributed by atoms with Gasteiger partial charge in [-0.3, -0.25) is 9.67 Å². The third-order valence-electron chi connectivity index (χ3n) is 3.00. The molecule has 1 aromatic heterocycles. The summed E-state index contributed by atoms with van der Waals surface area (Å²) in [7, 11) is 1.97. The first-order valence-electron chi connectivity index (χ1n) is 6.06. The number of nitrogens with zero attached hydrogens (tertiary/aromatic N) is 3. The smallest absolute Gasteiger partial charge is 0.191 e. The Morgan fingerprint density at radius 2 is 2.35 bits per heavy atom. The van der Waals surface area contributed by atoms with Crippen molar-refractivity contribution in [1.29, 1.82) is 0 Å². The van der Waals surface area contributed by atoms with Gasteiger partial charge in [-0.25, -0.2) is 0 Å². The average molecular weight is 235 g/mol. The van der Waals surface area contributed by atoms with Crippen LogP contribution in [0.1, 0.15) is 19.5 Å². The molecule has 0 unspecified atom stereocenters. The summed E-state index contributed by atoms with van der Waals surface area (Å²) in [6, 6.07) is 2.04. The Balaban J connectivity index is 1.77. The van der Waals surface area contributed by atoms with Gasteiger partial charge in [0, 0.05) is 50.4 Å². The predicted molar refractivity (Wildman–Crippen MR) is 69.0 cm³/mol. The van der Waals surface area contributed by atoms with Crippen LogP contribution in [0.25, 0.3) is 0 Å². The van der Waals surface area contributed by atoms with E-state index in [4.69, 9.17) is 0 Å². The van der Waals surface area contributed by atoms with Gasteiger partial charge in [0.05, 0.1) is 0 Å². The van der Waals surface area contributed by atoms with Gasteiger partial charge >= 0.3 is 0 Å². The number of hydrogen-bond donors (Lipinski definition) is 2. The molecule has 2 rings (SSSR count). The zero-order valence-corrected chi connectivity index (χ0v) is 10.8. The molecular weight excluding hydrogens is 214 g/mol. The van der Waals surface area contributed by atoms with Gasteiger partial charge in [-0.15, -0.1) is 0 Å². The molecule has 0 spiro atoms. The molecule has 0 atom stereocenters. The molecule has 17 heavy (non-hydrogen) atoms. The van der Waals surface area contributed by atoms with Gasteiger partial charge in [-0.2, -0.15) is 5.10 Å². The van der Waals surface area contributed by atoms with E-state index in [-0.39, 0.29) is 5.41 Å². The molecular formula is C12H21N5. The van der Waals surface area contributed by atoms with Crippen LogP contribution >= 0.6 is 0 Å². The summed E-state index contributed by atoms with van der Waals surface area (Å²) in [5, 5.41) is 10.8. The third kappa shape index (κ3) is 3.22. The van der Waals surface area contributed by atoms with Crippen molar-refractivity contribution in [2.24, 2.45) is 17.5 Å². The minimum absolute atomic E-state index is 0.271. The van der Waals surface area contributed by atoms with Crippen LogP contribution < -0.4 is 10.6 Å². The van der Waals surface area contributed by atoms with Gasteiger partial charge in [-0.1, -0.05) is 13.8 Å². The zero-order chi connectivity index (χ0) is 12.3. The molecule has 0 saturated carbocycles. The van der Waals surface area contributed by atoms with Gasteiger partial charge < -0.3 is 10.6 Å². The van der Waals surface area contributed by atoms with E-state index in [1.807, 2.05) is 24.0 Å². The van der Waals surface area contributed by atoms with E-state index in [2.05, 4.69) is 34.6 Å². The number of rotatable bonds is 3. The summed E-state index contributed by atoms with van der Waals surface area (Å²) in [5.41, 5.74) is 1.50. The molecule has 0 amide bonds. The molecule has 5 nitrogen and oxygen atoms in total. The van der Waals surface area contributed by atoms with Crippen LogP contribution in [0, 0.1) is 5.41 Å².